The summed E-state index contributed by atoms with van der Waals surface area (Å²) >= 11 is 0. The van der Waals surface area contributed by atoms with Crippen molar-refractivity contribution in [1.82, 2.24) is 10.6 Å². The quantitative estimate of drug-likeness (QED) is 0.402. The molecule has 0 saturated carbocycles. The van der Waals surface area contributed by atoms with Crippen molar-refractivity contribution in [2.75, 3.05) is 26.3 Å². The van der Waals surface area contributed by atoms with E-state index in [2.05, 4.69) is 20.4 Å². The molecule has 0 spiro atoms. The Balaban J connectivity index is 2.92. The molecule has 1 aromatic rings. The number of hydrogen-bond donors (Lipinski definition) is 3. The van der Waals surface area contributed by atoms with Gasteiger partial charge in [-0.2, -0.15) is 8.78 Å². The van der Waals surface area contributed by atoms with E-state index in [1.165, 1.54) is 6.07 Å². The van der Waals surface area contributed by atoms with Gasteiger partial charge in [-0.3, -0.25) is 0 Å². The molecule has 0 atom stereocenters. The molecule has 0 aliphatic carbocycles. The molecule has 27 heavy (non-hydrogen) atoms. The van der Waals surface area contributed by atoms with Gasteiger partial charge in [0, 0.05) is 36.7 Å². The molecule has 0 unspecified atom stereocenters. The standard InChI is InChI=1S/C19H31F2N3O3/c1-5-9-26-15-8-7-14(16(10-15)27-17(20)21)11-23-18(22-6-2)24-12-19(3,4)13-25/h7-8,10,17,25H,5-6,9,11-13H2,1-4H3,(H2,22,23,24). The third-order valence-corrected chi connectivity index (χ3v) is 3.64. The zero-order valence-corrected chi connectivity index (χ0v) is 16.5. The summed E-state index contributed by atoms with van der Waals surface area (Å²) in [5.41, 5.74) is 0.219. The van der Waals surface area contributed by atoms with Crippen LogP contribution in [0.3, 0.4) is 0 Å². The van der Waals surface area contributed by atoms with Crippen molar-refractivity contribution in [1.29, 1.82) is 0 Å². The lowest BCUT2D eigenvalue weighted by Gasteiger charge is -2.23. The molecule has 6 nitrogen and oxygen atoms in total. The maximum absolute atomic E-state index is 12.7. The zero-order chi connectivity index (χ0) is 20.3. The van der Waals surface area contributed by atoms with Gasteiger partial charge in [0.15, 0.2) is 5.96 Å². The summed E-state index contributed by atoms with van der Waals surface area (Å²) in [5.74, 6) is 1.07. The highest BCUT2D eigenvalue weighted by molar-refractivity contribution is 5.79. The Morgan fingerprint density at radius 1 is 1.26 bits per heavy atom. The predicted octanol–water partition coefficient (Wildman–Crippen LogP) is 3.15. The minimum Gasteiger partial charge on any atom is -0.493 e. The second-order valence-electron chi connectivity index (χ2n) is 6.87. The SMILES string of the molecule is CCCOc1ccc(CN=C(NCC)NCC(C)(C)CO)c(OC(F)F)c1. The van der Waals surface area contributed by atoms with Gasteiger partial charge in [-0.25, -0.2) is 4.99 Å². The molecule has 0 heterocycles. The Bertz CT molecular complexity index is 596. The van der Waals surface area contributed by atoms with Crippen LogP contribution in [0.4, 0.5) is 8.78 Å². The van der Waals surface area contributed by atoms with Crippen LogP contribution in [0.5, 0.6) is 11.5 Å². The van der Waals surface area contributed by atoms with Gasteiger partial charge in [-0.1, -0.05) is 20.8 Å². The summed E-state index contributed by atoms with van der Waals surface area (Å²) in [6, 6.07) is 4.85. The minimum atomic E-state index is -2.93. The van der Waals surface area contributed by atoms with E-state index < -0.39 is 6.61 Å². The Morgan fingerprint density at radius 3 is 2.59 bits per heavy atom. The molecule has 0 amide bonds. The highest BCUT2D eigenvalue weighted by atomic mass is 19.3. The van der Waals surface area contributed by atoms with Gasteiger partial charge in [0.25, 0.3) is 0 Å². The maximum Gasteiger partial charge on any atom is 0.387 e. The molecule has 8 heteroatoms. The number of aliphatic hydroxyl groups is 1. The summed E-state index contributed by atoms with van der Waals surface area (Å²) in [4.78, 5) is 4.43. The predicted molar refractivity (Wildman–Crippen MR) is 103 cm³/mol. The Morgan fingerprint density at radius 2 is 2.00 bits per heavy atom. The van der Waals surface area contributed by atoms with Crippen molar-refractivity contribution >= 4 is 5.96 Å². The second kappa shape index (κ2) is 11.6. The topological polar surface area (TPSA) is 75.1 Å². The number of rotatable bonds is 11. The number of ether oxygens (including phenoxy) is 2. The number of aliphatic hydroxyl groups excluding tert-OH is 1. The van der Waals surface area contributed by atoms with E-state index in [0.717, 1.165) is 6.42 Å². The van der Waals surface area contributed by atoms with Crippen molar-refractivity contribution in [3.63, 3.8) is 0 Å². The highest BCUT2D eigenvalue weighted by Crippen LogP contribution is 2.27. The highest BCUT2D eigenvalue weighted by Gasteiger charge is 2.17. The molecule has 1 rings (SSSR count). The Kier molecular flexibility index (Phi) is 9.85. The van der Waals surface area contributed by atoms with Crippen LogP contribution < -0.4 is 20.1 Å². The second-order valence-corrected chi connectivity index (χ2v) is 6.87. The summed E-state index contributed by atoms with van der Waals surface area (Å²) in [6.45, 7) is 6.67. The van der Waals surface area contributed by atoms with Crippen molar-refractivity contribution in [2.45, 2.75) is 47.3 Å². The van der Waals surface area contributed by atoms with Crippen molar-refractivity contribution in [3.05, 3.63) is 23.8 Å². The smallest absolute Gasteiger partial charge is 0.387 e. The van der Waals surface area contributed by atoms with Crippen LogP contribution in [0.15, 0.2) is 23.2 Å². The van der Waals surface area contributed by atoms with Gasteiger partial charge in [0.05, 0.1) is 13.2 Å². The summed E-state index contributed by atoms with van der Waals surface area (Å²) in [5, 5.41) is 15.6. The average molecular weight is 387 g/mol. The van der Waals surface area contributed by atoms with Gasteiger partial charge in [0.1, 0.15) is 11.5 Å². The number of nitrogens with zero attached hydrogens (tertiary/aromatic N) is 1. The van der Waals surface area contributed by atoms with Crippen LogP contribution in [-0.2, 0) is 6.54 Å². The average Bonchev–Trinajstić information content (AvgIpc) is 2.63. The largest absolute Gasteiger partial charge is 0.493 e. The number of nitrogens with one attached hydrogen (secondary N) is 2. The molecular weight excluding hydrogens is 356 g/mol. The van der Waals surface area contributed by atoms with E-state index in [0.29, 0.717) is 37.0 Å². The van der Waals surface area contributed by atoms with Crippen LogP contribution in [0, 0.1) is 5.41 Å². The fourth-order valence-electron chi connectivity index (χ4n) is 2.07. The zero-order valence-electron chi connectivity index (χ0n) is 16.5. The molecule has 0 aliphatic heterocycles. The fourth-order valence-corrected chi connectivity index (χ4v) is 2.07. The number of hydrogen-bond acceptors (Lipinski definition) is 4. The third kappa shape index (κ3) is 8.90. The first-order valence-corrected chi connectivity index (χ1v) is 9.15. The number of benzene rings is 1. The first kappa shape index (κ1) is 23.0. The van der Waals surface area contributed by atoms with Gasteiger partial charge in [0.2, 0.25) is 0 Å². The van der Waals surface area contributed by atoms with Crippen molar-refractivity contribution in [3.8, 4) is 11.5 Å². The molecular formula is C19H31F2N3O3. The Hall–Kier alpha value is -2.09. The molecule has 1 aromatic carbocycles. The van der Waals surface area contributed by atoms with Crippen LogP contribution in [0.1, 0.15) is 39.7 Å². The monoisotopic (exact) mass is 387 g/mol. The lowest BCUT2D eigenvalue weighted by molar-refractivity contribution is -0.0505. The number of aliphatic imine (C=N–C) groups is 1. The summed E-state index contributed by atoms with van der Waals surface area (Å²) < 4.78 is 35.6. The normalized spacial score (nSPS) is 12.2. The number of guanidine groups is 1. The summed E-state index contributed by atoms with van der Waals surface area (Å²) in [6.07, 6.45) is 0.818. The molecule has 0 aromatic heterocycles. The number of alkyl halides is 2. The molecule has 0 aliphatic rings. The van der Waals surface area contributed by atoms with E-state index in [4.69, 9.17) is 4.74 Å². The molecule has 0 radical (unpaired) electrons. The van der Waals surface area contributed by atoms with E-state index in [1.54, 1.807) is 12.1 Å². The van der Waals surface area contributed by atoms with Crippen LogP contribution in [0.2, 0.25) is 0 Å². The van der Waals surface area contributed by atoms with Gasteiger partial charge >= 0.3 is 6.61 Å². The molecule has 0 saturated heterocycles. The van der Waals surface area contributed by atoms with Gasteiger partial charge in [-0.05, 0) is 25.5 Å². The van der Waals surface area contributed by atoms with Crippen LogP contribution in [-0.4, -0.2) is 44.0 Å². The van der Waals surface area contributed by atoms with Gasteiger partial charge < -0.3 is 25.2 Å². The van der Waals surface area contributed by atoms with E-state index in [-0.39, 0.29) is 24.3 Å². The van der Waals surface area contributed by atoms with E-state index in [9.17, 15) is 13.9 Å². The van der Waals surface area contributed by atoms with E-state index >= 15 is 0 Å². The summed E-state index contributed by atoms with van der Waals surface area (Å²) in [7, 11) is 0. The Labute approximate surface area is 160 Å². The molecule has 3 N–H and O–H groups in total. The molecule has 0 fully saturated rings. The van der Waals surface area contributed by atoms with E-state index in [1.807, 2.05) is 27.7 Å². The van der Waals surface area contributed by atoms with Crippen molar-refractivity contribution < 1.29 is 23.4 Å². The van der Waals surface area contributed by atoms with Crippen LogP contribution in [0.25, 0.3) is 0 Å². The maximum atomic E-state index is 12.7. The first-order chi connectivity index (χ1) is 12.8. The van der Waals surface area contributed by atoms with Crippen LogP contribution >= 0.6 is 0 Å². The lowest BCUT2D eigenvalue weighted by Crippen LogP contribution is -2.43. The minimum absolute atomic E-state index is 0.0327. The molecule has 154 valence electrons. The number of halogens is 2. The van der Waals surface area contributed by atoms with Gasteiger partial charge in [-0.15, -0.1) is 0 Å². The van der Waals surface area contributed by atoms with Crippen molar-refractivity contribution in [2.24, 2.45) is 10.4 Å². The lowest BCUT2D eigenvalue weighted by atomic mass is 9.95. The fraction of sp³-hybridized carbons (Fsp3) is 0.632. The third-order valence-electron chi connectivity index (χ3n) is 3.64. The first-order valence-electron chi connectivity index (χ1n) is 9.15. The molecule has 0 bridgehead atoms.